The zero-order valence-corrected chi connectivity index (χ0v) is 9.69. The maximum atomic E-state index is 10.8. The van der Waals surface area contributed by atoms with E-state index in [2.05, 4.69) is 0 Å². The fourth-order valence-corrected chi connectivity index (χ4v) is 1.37. The van der Waals surface area contributed by atoms with Gasteiger partial charge in [-0.05, 0) is 31.5 Å². The molecule has 4 nitrogen and oxygen atoms in total. The Morgan fingerprint density at radius 2 is 2.12 bits per heavy atom. The molecule has 0 saturated heterocycles. The molecule has 0 fully saturated rings. The lowest BCUT2D eigenvalue weighted by Crippen LogP contribution is -2.07. The summed E-state index contributed by atoms with van der Waals surface area (Å²) in [4.78, 5) is 10.8. The number of carboxylic acids is 1. The molecule has 16 heavy (non-hydrogen) atoms. The lowest BCUT2D eigenvalue weighted by molar-refractivity contribution is -0.138. The molecule has 1 N–H and O–H groups in total. The molecular weight excluding hydrogens is 208 g/mol. The van der Waals surface area contributed by atoms with Crippen molar-refractivity contribution in [2.75, 3.05) is 13.7 Å². The van der Waals surface area contributed by atoms with Gasteiger partial charge in [0.25, 0.3) is 0 Å². The number of ether oxygens (including phenoxy) is 2. The summed E-state index contributed by atoms with van der Waals surface area (Å²) in [5, 5.41) is 8.90. The summed E-state index contributed by atoms with van der Waals surface area (Å²) >= 11 is 0. The van der Waals surface area contributed by atoms with Crippen molar-refractivity contribution in [2.24, 2.45) is 0 Å². The van der Waals surface area contributed by atoms with Crippen molar-refractivity contribution >= 4 is 5.97 Å². The van der Waals surface area contributed by atoms with Crippen LogP contribution in [0.3, 0.4) is 0 Å². The molecule has 88 valence electrons. The highest BCUT2D eigenvalue weighted by molar-refractivity contribution is 5.75. The molecular formula is C12H16O4. The van der Waals surface area contributed by atoms with E-state index in [0.717, 1.165) is 0 Å². The number of carbonyl (C=O) groups is 1. The quantitative estimate of drug-likeness (QED) is 0.833. The van der Waals surface area contributed by atoms with Gasteiger partial charge in [0, 0.05) is 0 Å². The van der Waals surface area contributed by atoms with Gasteiger partial charge in [-0.2, -0.15) is 0 Å². The maximum absolute atomic E-state index is 10.8. The summed E-state index contributed by atoms with van der Waals surface area (Å²) < 4.78 is 10.5. The van der Waals surface area contributed by atoms with E-state index < -0.39 is 11.9 Å². The van der Waals surface area contributed by atoms with Crippen LogP contribution in [0.2, 0.25) is 0 Å². The molecule has 0 aromatic heterocycles. The first-order valence-electron chi connectivity index (χ1n) is 5.13. The highest BCUT2D eigenvalue weighted by atomic mass is 16.5. The topological polar surface area (TPSA) is 55.8 Å². The van der Waals surface area contributed by atoms with Crippen LogP contribution in [0.1, 0.15) is 25.3 Å². The van der Waals surface area contributed by atoms with Gasteiger partial charge in [-0.1, -0.05) is 6.07 Å². The van der Waals surface area contributed by atoms with E-state index in [1.54, 1.807) is 25.1 Å². The Kier molecular flexibility index (Phi) is 4.17. The lowest BCUT2D eigenvalue weighted by atomic mass is 10.0. The van der Waals surface area contributed by atoms with Gasteiger partial charge in [0.05, 0.1) is 19.6 Å². The fourth-order valence-electron chi connectivity index (χ4n) is 1.37. The first kappa shape index (κ1) is 12.4. The van der Waals surface area contributed by atoms with E-state index in [9.17, 15) is 4.79 Å². The van der Waals surface area contributed by atoms with Crippen LogP contribution in [-0.2, 0) is 4.79 Å². The van der Waals surface area contributed by atoms with E-state index in [0.29, 0.717) is 23.7 Å². The maximum Gasteiger partial charge on any atom is 0.310 e. The third kappa shape index (κ3) is 2.66. The van der Waals surface area contributed by atoms with Crippen LogP contribution >= 0.6 is 0 Å². The van der Waals surface area contributed by atoms with E-state index in [1.165, 1.54) is 7.11 Å². The summed E-state index contributed by atoms with van der Waals surface area (Å²) in [6.07, 6.45) is 0. The van der Waals surface area contributed by atoms with Crippen molar-refractivity contribution in [3.63, 3.8) is 0 Å². The Balaban J connectivity index is 3.03. The minimum absolute atomic E-state index is 0.546. The highest BCUT2D eigenvalue weighted by Gasteiger charge is 2.15. The van der Waals surface area contributed by atoms with Gasteiger partial charge in [0.15, 0.2) is 11.5 Å². The average molecular weight is 224 g/mol. The fraction of sp³-hybridized carbons (Fsp3) is 0.417. The van der Waals surface area contributed by atoms with Gasteiger partial charge < -0.3 is 14.6 Å². The zero-order chi connectivity index (χ0) is 12.1. The normalized spacial score (nSPS) is 11.9. The Bertz CT molecular complexity index is 373. The van der Waals surface area contributed by atoms with Gasteiger partial charge in [0.2, 0.25) is 0 Å². The van der Waals surface area contributed by atoms with Crippen LogP contribution in [0.15, 0.2) is 18.2 Å². The summed E-state index contributed by atoms with van der Waals surface area (Å²) in [6.45, 7) is 4.06. The van der Waals surface area contributed by atoms with E-state index in [-0.39, 0.29) is 0 Å². The number of methoxy groups -OCH3 is 1. The van der Waals surface area contributed by atoms with E-state index in [4.69, 9.17) is 14.6 Å². The third-order valence-corrected chi connectivity index (χ3v) is 2.36. The summed E-state index contributed by atoms with van der Waals surface area (Å²) in [6, 6.07) is 5.17. The number of hydrogen-bond acceptors (Lipinski definition) is 3. The molecule has 0 aliphatic heterocycles. The number of rotatable bonds is 5. The van der Waals surface area contributed by atoms with Crippen LogP contribution < -0.4 is 9.47 Å². The predicted octanol–water partition coefficient (Wildman–Crippen LogP) is 2.28. The molecule has 0 heterocycles. The van der Waals surface area contributed by atoms with Crippen molar-refractivity contribution in [2.45, 2.75) is 19.8 Å². The molecule has 1 aromatic rings. The van der Waals surface area contributed by atoms with E-state index >= 15 is 0 Å². The van der Waals surface area contributed by atoms with Crippen molar-refractivity contribution < 1.29 is 19.4 Å². The van der Waals surface area contributed by atoms with Crippen LogP contribution in [-0.4, -0.2) is 24.8 Å². The van der Waals surface area contributed by atoms with Crippen molar-refractivity contribution in [1.29, 1.82) is 0 Å². The zero-order valence-electron chi connectivity index (χ0n) is 9.69. The molecule has 1 aromatic carbocycles. The molecule has 0 aliphatic rings. The standard InChI is InChI=1S/C12H16O4/c1-4-16-10-6-5-9(7-11(10)15-3)8(2)12(13)14/h5-8H,4H2,1-3H3,(H,13,14)/t8-/m1/s1. The molecule has 0 aliphatic carbocycles. The molecule has 1 atom stereocenters. The van der Waals surface area contributed by atoms with Gasteiger partial charge >= 0.3 is 5.97 Å². The number of carboxylic acid groups (broad SMARTS) is 1. The summed E-state index contributed by atoms with van der Waals surface area (Å²) in [7, 11) is 1.53. The Hall–Kier alpha value is -1.71. The largest absolute Gasteiger partial charge is 0.493 e. The lowest BCUT2D eigenvalue weighted by Gasteiger charge is -2.12. The molecule has 0 unspecified atom stereocenters. The molecule has 0 bridgehead atoms. The second-order valence-electron chi connectivity index (χ2n) is 3.40. The van der Waals surface area contributed by atoms with Crippen molar-refractivity contribution in [1.82, 2.24) is 0 Å². The number of hydrogen-bond donors (Lipinski definition) is 1. The Morgan fingerprint density at radius 3 is 2.62 bits per heavy atom. The van der Waals surface area contributed by atoms with E-state index in [1.807, 2.05) is 6.92 Å². The first-order valence-corrected chi connectivity index (χ1v) is 5.13. The van der Waals surface area contributed by atoms with Gasteiger partial charge in [-0.25, -0.2) is 0 Å². The molecule has 0 spiro atoms. The van der Waals surface area contributed by atoms with Crippen LogP contribution in [0.4, 0.5) is 0 Å². The van der Waals surface area contributed by atoms with Crippen LogP contribution in [0, 0.1) is 0 Å². The SMILES string of the molecule is CCOc1ccc([C@@H](C)C(=O)O)cc1OC. The predicted molar refractivity (Wildman–Crippen MR) is 60.2 cm³/mol. The van der Waals surface area contributed by atoms with Gasteiger partial charge in [-0.3, -0.25) is 4.79 Å². The molecule has 0 amide bonds. The number of aliphatic carboxylic acids is 1. The Labute approximate surface area is 94.8 Å². The summed E-state index contributed by atoms with van der Waals surface area (Å²) in [5.74, 6) is -0.213. The third-order valence-electron chi connectivity index (χ3n) is 2.36. The minimum atomic E-state index is -0.855. The smallest absolute Gasteiger partial charge is 0.310 e. The first-order chi connectivity index (χ1) is 7.60. The van der Waals surface area contributed by atoms with Gasteiger partial charge in [-0.15, -0.1) is 0 Å². The van der Waals surface area contributed by atoms with Crippen LogP contribution in [0.5, 0.6) is 11.5 Å². The highest BCUT2D eigenvalue weighted by Crippen LogP contribution is 2.30. The molecule has 4 heteroatoms. The van der Waals surface area contributed by atoms with Crippen LogP contribution in [0.25, 0.3) is 0 Å². The molecule has 0 saturated carbocycles. The average Bonchev–Trinajstić information content (AvgIpc) is 2.29. The molecule has 0 radical (unpaired) electrons. The minimum Gasteiger partial charge on any atom is -0.493 e. The van der Waals surface area contributed by atoms with Crippen molar-refractivity contribution in [3.8, 4) is 11.5 Å². The van der Waals surface area contributed by atoms with Gasteiger partial charge in [0.1, 0.15) is 0 Å². The summed E-state index contributed by atoms with van der Waals surface area (Å²) in [5.41, 5.74) is 0.702. The number of benzene rings is 1. The monoisotopic (exact) mass is 224 g/mol. The Morgan fingerprint density at radius 1 is 1.44 bits per heavy atom. The molecule has 1 rings (SSSR count). The second kappa shape index (κ2) is 5.39. The second-order valence-corrected chi connectivity index (χ2v) is 3.40. The van der Waals surface area contributed by atoms with Crippen molar-refractivity contribution in [3.05, 3.63) is 23.8 Å².